The molecule has 0 radical (unpaired) electrons. The third-order valence-electron chi connectivity index (χ3n) is 4.34. The van der Waals surface area contributed by atoms with Gasteiger partial charge in [-0.1, -0.05) is 18.2 Å². The van der Waals surface area contributed by atoms with Gasteiger partial charge in [0, 0.05) is 11.8 Å². The van der Waals surface area contributed by atoms with E-state index in [9.17, 15) is 24.3 Å². The highest BCUT2D eigenvalue weighted by molar-refractivity contribution is 6.39. The Morgan fingerprint density at radius 3 is 2.60 bits per heavy atom. The molecular weight excluding hydrogens is 390 g/mol. The van der Waals surface area contributed by atoms with Crippen molar-refractivity contribution in [2.45, 2.75) is 0 Å². The number of nitrogens with zero attached hydrogens (tertiary/aromatic N) is 2. The summed E-state index contributed by atoms with van der Waals surface area (Å²) >= 11 is 0. The molecule has 1 aliphatic rings. The molecule has 1 fully saturated rings. The van der Waals surface area contributed by atoms with Crippen LogP contribution in [-0.2, 0) is 9.59 Å². The Kier molecular flexibility index (Phi) is 4.69. The first-order chi connectivity index (χ1) is 14.5. The number of rotatable bonds is 4. The van der Waals surface area contributed by atoms with Crippen LogP contribution in [0.3, 0.4) is 0 Å². The lowest BCUT2D eigenvalue weighted by atomic mass is 10.1. The van der Waals surface area contributed by atoms with E-state index in [0.717, 1.165) is 4.90 Å². The number of anilines is 1. The minimum atomic E-state index is -1.12. The van der Waals surface area contributed by atoms with Crippen molar-refractivity contribution in [2.75, 3.05) is 4.90 Å². The summed E-state index contributed by atoms with van der Waals surface area (Å²) in [6.45, 7) is 0. The van der Waals surface area contributed by atoms with E-state index >= 15 is 0 Å². The second kappa shape index (κ2) is 7.47. The summed E-state index contributed by atoms with van der Waals surface area (Å²) in [7, 11) is 0. The Hall–Kier alpha value is -4.53. The van der Waals surface area contributed by atoms with Gasteiger partial charge in [-0.05, 0) is 36.4 Å². The number of imide groups is 2. The number of carbonyl (C=O) groups excluding carboxylic acids is 3. The average Bonchev–Trinajstić information content (AvgIpc) is 3.20. The minimum Gasteiger partial charge on any atom is -0.478 e. The smallest absolute Gasteiger partial charge is 0.336 e. The number of carboxylic acids is 1. The van der Waals surface area contributed by atoms with Crippen LogP contribution in [0.4, 0.5) is 10.5 Å². The molecule has 0 saturated carbocycles. The zero-order valence-electron chi connectivity index (χ0n) is 15.2. The number of nitrogens with one attached hydrogen (secondary N) is 1. The number of urea groups is 1. The van der Waals surface area contributed by atoms with Gasteiger partial charge in [0.15, 0.2) is 0 Å². The van der Waals surface area contributed by atoms with Gasteiger partial charge in [0.2, 0.25) is 0 Å². The summed E-state index contributed by atoms with van der Waals surface area (Å²) in [5.74, 6) is -2.42. The van der Waals surface area contributed by atoms with E-state index in [0.29, 0.717) is 5.56 Å². The molecule has 148 valence electrons. The van der Waals surface area contributed by atoms with Crippen LogP contribution in [0, 0.1) is 0 Å². The molecule has 3 aromatic rings. The second-order valence-electron chi connectivity index (χ2n) is 6.22. The standard InChI is InChI=1S/C21H13N3O6/c25-18-16(19(26)24(21(29)23-18)12-4-3-9-22-11-12)10-13-7-8-17(30-13)14-5-1-2-6-15(14)20(27)28/h1-11H,(H,27,28)(H,23,25,29)/b16-10+. The van der Waals surface area contributed by atoms with Crippen LogP contribution < -0.4 is 10.2 Å². The van der Waals surface area contributed by atoms with Crippen LogP contribution >= 0.6 is 0 Å². The molecule has 1 saturated heterocycles. The number of barbiturate groups is 1. The van der Waals surface area contributed by atoms with Crippen molar-refractivity contribution in [1.82, 2.24) is 10.3 Å². The number of benzene rings is 1. The van der Waals surface area contributed by atoms with Crippen molar-refractivity contribution in [1.29, 1.82) is 0 Å². The van der Waals surface area contributed by atoms with E-state index in [4.69, 9.17) is 4.42 Å². The molecule has 0 bridgehead atoms. The van der Waals surface area contributed by atoms with Gasteiger partial charge in [0.1, 0.15) is 17.1 Å². The van der Waals surface area contributed by atoms with Crippen molar-refractivity contribution < 1.29 is 28.7 Å². The molecule has 4 amide bonds. The van der Waals surface area contributed by atoms with Crippen molar-refractivity contribution in [3.05, 3.63) is 77.8 Å². The zero-order valence-corrected chi connectivity index (χ0v) is 15.2. The van der Waals surface area contributed by atoms with Crippen molar-refractivity contribution in [3.63, 3.8) is 0 Å². The highest BCUT2D eigenvalue weighted by Gasteiger charge is 2.37. The van der Waals surface area contributed by atoms with Crippen molar-refractivity contribution >= 4 is 35.6 Å². The van der Waals surface area contributed by atoms with Crippen LogP contribution in [-0.4, -0.2) is 33.9 Å². The lowest BCUT2D eigenvalue weighted by molar-refractivity contribution is -0.122. The van der Waals surface area contributed by atoms with E-state index in [1.807, 2.05) is 0 Å². The molecule has 4 rings (SSSR count). The highest BCUT2D eigenvalue weighted by Crippen LogP contribution is 2.28. The maximum absolute atomic E-state index is 12.8. The van der Waals surface area contributed by atoms with E-state index in [2.05, 4.69) is 10.3 Å². The summed E-state index contributed by atoms with van der Waals surface area (Å²) in [6.07, 6.45) is 4.00. The maximum Gasteiger partial charge on any atom is 0.336 e. The zero-order chi connectivity index (χ0) is 21.3. The first kappa shape index (κ1) is 18.8. The number of pyridine rings is 1. The Labute approximate surface area is 169 Å². The number of aromatic carboxylic acids is 1. The monoisotopic (exact) mass is 403 g/mol. The molecule has 0 aliphatic carbocycles. The van der Waals surface area contributed by atoms with E-state index in [1.165, 1.54) is 42.7 Å². The Morgan fingerprint density at radius 2 is 1.87 bits per heavy atom. The lowest BCUT2D eigenvalue weighted by Crippen LogP contribution is -2.54. The van der Waals surface area contributed by atoms with Crippen molar-refractivity contribution in [2.24, 2.45) is 0 Å². The fraction of sp³-hybridized carbons (Fsp3) is 0. The summed E-state index contributed by atoms with van der Waals surface area (Å²) in [6, 6.07) is 11.5. The van der Waals surface area contributed by atoms with Crippen LogP contribution in [0.1, 0.15) is 16.1 Å². The number of furan rings is 1. The average molecular weight is 403 g/mol. The Morgan fingerprint density at radius 1 is 1.07 bits per heavy atom. The molecule has 0 unspecified atom stereocenters. The predicted octanol–water partition coefficient (Wildman–Crippen LogP) is 2.71. The molecule has 2 aromatic heterocycles. The molecule has 30 heavy (non-hydrogen) atoms. The third kappa shape index (κ3) is 3.35. The number of hydrogen-bond acceptors (Lipinski definition) is 6. The fourth-order valence-corrected chi connectivity index (χ4v) is 2.98. The first-order valence-corrected chi connectivity index (χ1v) is 8.69. The summed E-state index contributed by atoms with van der Waals surface area (Å²) in [5, 5.41) is 11.4. The Balaban J connectivity index is 1.70. The number of carbonyl (C=O) groups is 4. The predicted molar refractivity (Wildman–Crippen MR) is 104 cm³/mol. The molecule has 1 aromatic carbocycles. The Bertz CT molecular complexity index is 1210. The third-order valence-corrected chi connectivity index (χ3v) is 4.34. The highest BCUT2D eigenvalue weighted by atomic mass is 16.4. The molecule has 2 N–H and O–H groups in total. The summed E-state index contributed by atoms with van der Waals surface area (Å²) in [4.78, 5) is 53.3. The van der Waals surface area contributed by atoms with Crippen LogP contribution in [0.2, 0.25) is 0 Å². The van der Waals surface area contributed by atoms with Gasteiger partial charge < -0.3 is 9.52 Å². The maximum atomic E-state index is 12.8. The molecule has 9 nitrogen and oxygen atoms in total. The summed E-state index contributed by atoms with van der Waals surface area (Å²) < 4.78 is 5.64. The largest absolute Gasteiger partial charge is 0.478 e. The molecule has 3 heterocycles. The quantitative estimate of drug-likeness (QED) is 0.506. The number of carboxylic acid groups (broad SMARTS) is 1. The van der Waals surface area contributed by atoms with Gasteiger partial charge in [0.05, 0.1) is 17.4 Å². The SMILES string of the molecule is O=C1NC(=O)N(c2cccnc2)C(=O)/C1=C/c1ccc(-c2ccccc2C(=O)O)o1. The first-order valence-electron chi connectivity index (χ1n) is 8.69. The minimum absolute atomic E-state index is 0.0471. The van der Waals surface area contributed by atoms with Gasteiger partial charge in [-0.3, -0.25) is 19.9 Å². The van der Waals surface area contributed by atoms with Gasteiger partial charge in [-0.15, -0.1) is 0 Å². The molecule has 1 aliphatic heterocycles. The molecular formula is C21H13N3O6. The fourth-order valence-electron chi connectivity index (χ4n) is 2.98. The van der Waals surface area contributed by atoms with Crippen molar-refractivity contribution in [3.8, 4) is 11.3 Å². The van der Waals surface area contributed by atoms with Gasteiger partial charge >= 0.3 is 12.0 Å². The van der Waals surface area contributed by atoms with E-state index in [-0.39, 0.29) is 28.3 Å². The van der Waals surface area contributed by atoms with Gasteiger partial charge in [-0.25, -0.2) is 14.5 Å². The van der Waals surface area contributed by atoms with Crippen LogP contribution in [0.15, 0.2) is 70.9 Å². The van der Waals surface area contributed by atoms with Crippen LogP contribution in [0.25, 0.3) is 17.4 Å². The van der Waals surface area contributed by atoms with Gasteiger partial charge in [0.25, 0.3) is 11.8 Å². The summed E-state index contributed by atoms with van der Waals surface area (Å²) in [5.41, 5.74) is 0.284. The van der Waals surface area contributed by atoms with E-state index in [1.54, 1.807) is 24.3 Å². The molecule has 9 heteroatoms. The lowest BCUT2D eigenvalue weighted by Gasteiger charge is -2.25. The van der Waals surface area contributed by atoms with E-state index < -0.39 is 23.8 Å². The number of amides is 4. The number of aromatic nitrogens is 1. The molecule has 0 atom stereocenters. The number of hydrogen-bond donors (Lipinski definition) is 2. The van der Waals surface area contributed by atoms with Crippen LogP contribution in [0.5, 0.6) is 0 Å². The normalized spacial score (nSPS) is 15.4. The van der Waals surface area contributed by atoms with Gasteiger partial charge in [-0.2, -0.15) is 0 Å². The second-order valence-corrected chi connectivity index (χ2v) is 6.22. The molecule has 0 spiro atoms. The topological polar surface area (TPSA) is 130 Å².